The van der Waals surface area contributed by atoms with Gasteiger partial charge in [0.1, 0.15) is 11.9 Å². The van der Waals surface area contributed by atoms with Crippen LogP contribution in [-0.2, 0) is 6.18 Å². The Hall–Kier alpha value is -1.47. The van der Waals surface area contributed by atoms with Crippen LogP contribution in [0.1, 0.15) is 22.1 Å². The summed E-state index contributed by atoms with van der Waals surface area (Å²) in [6, 6.07) is 2.43. The van der Waals surface area contributed by atoms with Crippen molar-refractivity contribution in [2.24, 2.45) is 0 Å². The number of aliphatic hydroxyl groups is 1. The van der Waals surface area contributed by atoms with Crippen molar-refractivity contribution in [1.29, 1.82) is 0 Å². The van der Waals surface area contributed by atoms with Crippen molar-refractivity contribution < 1.29 is 22.7 Å². The zero-order chi connectivity index (χ0) is 13.3. The lowest BCUT2D eigenvalue weighted by Gasteiger charge is -2.13. The van der Waals surface area contributed by atoms with E-state index in [1.165, 1.54) is 11.7 Å². The van der Waals surface area contributed by atoms with Crippen molar-refractivity contribution in [3.8, 4) is 0 Å². The van der Waals surface area contributed by atoms with Crippen LogP contribution in [0, 0.1) is 5.82 Å². The van der Waals surface area contributed by atoms with Crippen molar-refractivity contribution in [3.05, 3.63) is 51.7 Å². The highest BCUT2D eigenvalue weighted by molar-refractivity contribution is 7.09. The molecule has 0 aliphatic heterocycles. The minimum absolute atomic E-state index is 0.0204. The van der Waals surface area contributed by atoms with Gasteiger partial charge in [0, 0.05) is 6.20 Å². The third kappa shape index (κ3) is 2.51. The summed E-state index contributed by atoms with van der Waals surface area (Å²) in [5.41, 5.74) is 0.0452. The molecule has 0 aliphatic rings. The van der Waals surface area contributed by atoms with Crippen LogP contribution in [0.3, 0.4) is 0 Å². The number of halogens is 4. The van der Waals surface area contributed by atoms with E-state index in [1.54, 1.807) is 0 Å². The molecule has 1 unspecified atom stereocenters. The molecule has 0 saturated heterocycles. The summed E-state index contributed by atoms with van der Waals surface area (Å²) in [4.78, 5) is 4.12. The van der Waals surface area contributed by atoms with Gasteiger partial charge in [0.15, 0.2) is 0 Å². The van der Waals surface area contributed by atoms with E-state index in [-0.39, 0.29) is 5.56 Å². The van der Waals surface area contributed by atoms with Crippen molar-refractivity contribution in [3.63, 3.8) is 0 Å². The Labute approximate surface area is 104 Å². The monoisotopic (exact) mass is 277 g/mol. The zero-order valence-corrected chi connectivity index (χ0v) is 9.60. The standard InChI is InChI=1S/C11H7F4NOS/c12-8-2-1-6(3-7(8)11(13,14)15)10(17)9-4-16-5-18-9/h1-5,10,17H. The van der Waals surface area contributed by atoms with Gasteiger partial charge in [-0.2, -0.15) is 13.2 Å². The van der Waals surface area contributed by atoms with Crippen LogP contribution in [0.2, 0.25) is 0 Å². The van der Waals surface area contributed by atoms with Gasteiger partial charge in [0.25, 0.3) is 0 Å². The molecule has 1 aromatic carbocycles. The highest BCUT2D eigenvalue weighted by Crippen LogP contribution is 2.34. The molecular weight excluding hydrogens is 270 g/mol. The average molecular weight is 277 g/mol. The average Bonchev–Trinajstić information content (AvgIpc) is 2.80. The van der Waals surface area contributed by atoms with Gasteiger partial charge in [-0.25, -0.2) is 4.39 Å². The molecule has 0 fully saturated rings. The Kier molecular flexibility index (Phi) is 3.36. The first-order chi connectivity index (χ1) is 8.39. The Morgan fingerprint density at radius 3 is 2.56 bits per heavy atom. The lowest BCUT2D eigenvalue weighted by atomic mass is 10.0. The van der Waals surface area contributed by atoms with E-state index in [1.807, 2.05) is 0 Å². The van der Waals surface area contributed by atoms with E-state index in [4.69, 9.17) is 0 Å². The number of nitrogens with zero attached hydrogens (tertiary/aromatic N) is 1. The Bertz CT molecular complexity index is 538. The molecule has 0 radical (unpaired) electrons. The first-order valence-electron chi connectivity index (χ1n) is 4.82. The van der Waals surface area contributed by atoms with Gasteiger partial charge in [0.2, 0.25) is 0 Å². The van der Waals surface area contributed by atoms with Gasteiger partial charge in [0.05, 0.1) is 16.0 Å². The molecule has 0 bridgehead atoms. The van der Waals surface area contributed by atoms with Crippen LogP contribution in [0.4, 0.5) is 17.6 Å². The molecule has 1 heterocycles. The molecule has 1 N–H and O–H groups in total. The van der Waals surface area contributed by atoms with E-state index < -0.39 is 23.7 Å². The van der Waals surface area contributed by atoms with Crippen molar-refractivity contribution in [2.45, 2.75) is 12.3 Å². The van der Waals surface area contributed by atoms with Crippen LogP contribution in [-0.4, -0.2) is 10.1 Å². The van der Waals surface area contributed by atoms with Crippen LogP contribution < -0.4 is 0 Å². The Morgan fingerprint density at radius 1 is 1.28 bits per heavy atom. The summed E-state index contributed by atoms with van der Waals surface area (Å²) in [7, 11) is 0. The molecule has 2 aromatic rings. The maximum Gasteiger partial charge on any atom is 0.419 e. The fraction of sp³-hybridized carbons (Fsp3) is 0.182. The van der Waals surface area contributed by atoms with Gasteiger partial charge in [-0.15, -0.1) is 11.3 Å². The number of aromatic nitrogens is 1. The number of aliphatic hydroxyl groups excluding tert-OH is 1. The molecule has 0 aliphatic carbocycles. The predicted molar refractivity (Wildman–Crippen MR) is 57.6 cm³/mol. The number of benzene rings is 1. The minimum Gasteiger partial charge on any atom is -0.383 e. The summed E-state index contributed by atoms with van der Waals surface area (Å²) < 4.78 is 50.6. The second-order valence-corrected chi connectivity index (χ2v) is 4.46. The summed E-state index contributed by atoms with van der Waals surface area (Å²) in [6.07, 6.45) is -4.67. The fourth-order valence-corrected chi connectivity index (χ4v) is 2.09. The molecule has 2 nitrogen and oxygen atoms in total. The SMILES string of the molecule is OC(c1ccc(F)c(C(F)(F)F)c1)c1cncs1. The van der Waals surface area contributed by atoms with Crippen LogP contribution >= 0.6 is 11.3 Å². The second kappa shape index (κ2) is 4.66. The van der Waals surface area contributed by atoms with Crippen LogP contribution in [0.5, 0.6) is 0 Å². The topological polar surface area (TPSA) is 33.1 Å². The maximum atomic E-state index is 13.1. The first-order valence-corrected chi connectivity index (χ1v) is 5.70. The third-order valence-corrected chi connectivity index (χ3v) is 3.16. The Morgan fingerprint density at radius 2 is 2.00 bits per heavy atom. The maximum absolute atomic E-state index is 13.1. The second-order valence-electron chi connectivity index (χ2n) is 3.54. The number of thiazole rings is 1. The van der Waals surface area contributed by atoms with Gasteiger partial charge in [-0.05, 0) is 17.7 Å². The molecular formula is C11H7F4NOS. The first kappa shape index (κ1) is 13.0. The highest BCUT2D eigenvalue weighted by Gasteiger charge is 2.34. The third-order valence-electron chi connectivity index (χ3n) is 2.33. The zero-order valence-electron chi connectivity index (χ0n) is 8.78. The molecule has 2 rings (SSSR count). The summed E-state index contributed by atoms with van der Waals surface area (Å²) in [5.74, 6) is -1.36. The van der Waals surface area contributed by atoms with Gasteiger partial charge >= 0.3 is 6.18 Å². The predicted octanol–water partition coefficient (Wildman–Crippen LogP) is 3.38. The molecule has 7 heteroatoms. The molecule has 0 spiro atoms. The lowest BCUT2D eigenvalue weighted by molar-refractivity contribution is -0.140. The number of hydrogen-bond acceptors (Lipinski definition) is 3. The highest BCUT2D eigenvalue weighted by atomic mass is 32.1. The molecule has 0 amide bonds. The molecule has 1 atom stereocenters. The smallest absolute Gasteiger partial charge is 0.383 e. The summed E-state index contributed by atoms with van der Waals surface area (Å²) in [5, 5.41) is 9.84. The Balaban J connectivity index is 2.42. The van der Waals surface area contributed by atoms with E-state index in [0.29, 0.717) is 17.0 Å². The molecule has 0 saturated carbocycles. The quantitative estimate of drug-likeness (QED) is 0.854. The largest absolute Gasteiger partial charge is 0.419 e. The molecule has 18 heavy (non-hydrogen) atoms. The number of rotatable bonds is 2. The number of hydrogen-bond donors (Lipinski definition) is 1. The summed E-state index contributed by atoms with van der Waals surface area (Å²) in [6.45, 7) is 0. The lowest BCUT2D eigenvalue weighted by Crippen LogP contribution is -2.10. The van der Waals surface area contributed by atoms with Crippen molar-refractivity contribution >= 4 is 11.3 Å². The molecule has 96 valence electrons. The van der Waals surface area contributed by atoms with E-state index in [0.717, 1.165) is 17.4 Å². The van der Waals surface area contributed by atoms with E-state index in [9.17, 15) is 22.7 Å². The van der Waals surface area contributed by atoms with E-state index >= 15 is 0 Å². The van der Waals surface area contributed by atoms with Crippen molar-refractivity contribution in [2.75, 3.05) is 0 Å². The van der Waals surface area contributed by atoms with Crippen molar-refractivity contribution in [1.82, 2.24) is 4.98 Å². The number of alkyl halides is 3. The minimum atomic E-state index is -4.78. The van der Waals surface area contributed by atoms with Gasteiger partial charge < -0.3 is 5.11 Å². The summed E-state index contributed by atoms with van der Waals surface area (Å²) >= 11 is 1.11. The van der Waals surface area contributed by atoms with Crippen LogP contribution in [0.25, 0.3) is 0 Å². The molecule has 1 aromatic heterocycles. The normalized spacial score (nSPS) is 13.6. The fourth-order valence-electron chi connectivity index (χ4n) is 1.46. The van der Waals surface area contributed by atoms with Crippen LogP contribution in [0.15, 0.2) is 29.9 Å². The van der Waals surface area contributed by atoms with Gasteiger partial charge in [-0.1, -0.05) is 6.07 Å². The van der Waals surface area contributed by atoms with E-state index in [2.05, 4.69) is 4.98 Å². The van der Waals surface area contributed by atoms with Gasteiger partial charge in [-0.3, -0.25) is 4.98 Å².